The Kier molecular flexibility index (Phi) is 9.90. The van der Waals surface area contributed by atoms with Gasteiger partial charge < -0.3 is 20.3 Å². The van der Waals surface area contributed by atoms with Gasteiger partial charge in [0, 0.05) is 6.04 Å². The van der Waals surface area contributed by atoms with Crippen molar-refractivity contribution in [1.82, 2.24) is 15.5 Å². The molecule has 0 aliphatic carbocycles. The van der Waals surface area contributed by atoms with Crippen LogP contribution in [0.25, 0.3) is 0 Å². The van der Waals surface area contributed by atoms with Gasteiger partial charge in [-0.15, -0.1) is 0 Å². The number of carbonyl (C=O) groups excluding carboxylic acids is 3. The summed E-state index contributed by atoms with van der Waals surface area (Å²) in [4.78, 5) is 40.5. The van der Waals surface area contributed by atoms with Gasteiger partial charge >= 0.3 is 6.09 Å². The number of nitriles is 1. The maximum absolute atomic E-state index is 13.7. The molecular formula is C25H38N4O4. The van der Waals surface area contributed by atoms with Crippen molar-refractivity contribution in [3.63, 3.8) is 0 Å². The molecule has 33 heavy (non-hydrogen) atoms. The number of nitrogens with zero attached hydrogens (tertiary/aromatic N) is 2. The van der Waals surface area contributed by atoms with Crippen LogP contribution in [0.3, 0.4) is 0 Å². The summed E-state index contributed by atoms with van der Waals surface area (Å²) in [6, 6.07) is 5.36. The summed E-state index contributed by atoms with van der Waals surface area (Å²) in [6.45, 7) is 16.0. The molecule has 0 radical (unpaired) electrons. The predicted octanol–water partition coefficient (Wildman–Crippen LogP) is 3.77. The van der Waals surface area contributed by atoms with Crippen molar-refractivity contribution in [1.29, 1.82) is 5.26 Å². The standard InChI is InChI=1S/C25H38N4O4/c1-15(2)20(28-24(32)33-25(7,8)9)23(31)29(13-12-26)21(22(30)27-16(3)4)19-11-10-17(5)18(6)14-19/h10-11,14-16,20-21H,13H2,1-9H3,(H,27,30)(H,28,32). The van der Waals surface area contributed by atoms with Crippen LogP contribution in [0, 0.1) is 31.1 Å². The first-order valence-electron chi connectivity index (χ1n) is 11.2. The molecule has 0 fully saturated rings. The fourth-order valence-corrected chi connectivity index (χ4v) is 3.27. The lowest BCUT2D eigenvalue weighted by Crippen LogP contribution is -2.55. The Bertz CT molecular complexity index is 897. The highest BCUT2D eigenvalue weighted by Gasteiger charge is 2.37. The van der Waals surface area contributed by atoms with Crippen molar-refractivity contribution in [2.45, 2.75) is 86.0 Å². The predicted molar refractivity (Wildman–Crippen MR) is 127 cm³/mol. The highest BCUT2D eigenvalue weighted by atomic mass is 16.6. The van der Waals surface area contributed by atoms with Crippen molar-refractivity contribution >= 4 is 17.9 Å². The summed E-state index contributed by atoms with van der Waals surface area (Å²) < 4.78 is 5.32. The normalized spacial score (nSPS) is 13.2. The van der Waals surface area contributed by atoms with Crippen LogP contribution in [0.2, 0.25) is 0 Å². The summed E-state index contributed by atoms with van der Waals surface area (Å²) in [5.41, 5.74) is 1.87. The Balaban J connectivity index is 3.46. The summed E-state index contributed by atoms with van der Waals surface area (Å²) >= 11 is 0. The smallest absolute Gasteiger partial charge is 0.408 e. The van der Waals surface area contributed by atoms with Crippen LogP contribution >= 0.6 is 0 Å². The Morgan fingerprint density at radius 3 is 2.12 bits per heavy atom. The number of alkyl carbamates (subject to hydrolysis) is 1. The van der Waals surface area contributed by atoms with Gasteiger partial charge in [0.05, 0.1) is 6.07 Å². The number of ether oxygens (including phenoxy) is 1. The third-order valence-corrected chi connectivity index (χ3v) is 4.97. The second-order valence-corrected chi connectivity index (χ2v) is 9.90. The monoisotopic (exact) mass is 458 g/mol. The van der Waals surface area contributed by atoms with Gasteiger partial charge in [-0.1, -0.05) is 32.0 Å². The van der Waals surface area contributed by atoms with E-state index in [1.54, 1.807) is 40.7 Å². The van der Waals surface area contributed by atoms with Gasteiger partial charge in [-0.25, -0.2) is 4.79 Å². The number of benzene rings is 1. The SMILES string of the molecule is Cc1ccc(C(C(=O)NC(C)C)N(CC#N)C(=O)C(NC(=O)OC(C)(C)C)C(C)C)cc1C. The van der Waals surface area contributed by atoms with Crippen LogP contribution < -0.4 is 10.6 Å². The van der Waals surface area contributed by atoms with Crippen LogP contribution in [0.15, 0.2) is 18.2 Å². The van der Waals surface area contributed by atoms with E-state index in [-0.39, 0.29) is 18.5 Å². The summed E-state index contributed by atoms with van der Waals surface area (Å²) in [5, 5.41) is 15.0. The van der Waals surface area contributed by atoms with Gasteiger partial charge in [0.25, 0.3) is 0 Å². The minimum Gasteiger partial charge on any atom is -0.444 e. The molecule has 0 spiro atoms. The number of amides is 3. The molecule has 0 saturated heterocycles. The van der Waals surface area contributed by atoms with E-state index in [0.29, 0.717) is 5.56 Å². The first kappa shape index (κ1) is 28.0. The largest absolute Gasteiger partial charge is 0.444 e. The molecule has 0 bridgehead atoms. The van der Waals surface area contributed by atoms with E-state index in [1.807, 2.05) is 45.9 Å². The van der Waals surface area contributed by atoms with Crippen LogP contribution in [0.1, 0.15) is 71.2 Å². The average molecular weight is 459 g/mol. The van der Waals surface area contributed by atoms with E-state index < -0.39 is 35.6 Å². The Morgan fingerprint density at radius 1 is 1.06 bits per heavy atom. The summed E-state index contributed by atoms with van der Waals surface area (Å²) in [7, 11) is 0. The molecule has 1 aromatic carbocycles. The molecule has 2 N–H and O–H groups in total. The molecule has 0 aromatic heterocycles. The zero-order valence-corrected chi connectivity index (χ0v) is 21.3. The van der Waals surface area contributed by atoms with Gasteiger partial charge in [0.15, 0.2) is 0 Å². The zero-order valence-electron chi connectivity index (χ0n) is 21.3. The fraction of sp³-hybridized carbons (Fsp3) is 0.600. The molecule has 1 rings (SSSR count). The van der Waals surface area contributed by atoms with E-state index >= 15 is 0 Å². The van der Waals surface area contributed by atoms with Crippen LogP contribution in [-0.2, 0) is 14.3 Å². The Hall–Kier alpha value is -3.08. The highest BCUT2D eigenvalue weighted by molar-refractivity contribution is 5.92. The number of hydrogen-bond donors (Lipinski definition) is 2. The highest BCUT2D eigenvalue weighted by Crippen LogP contribution is 2.25. The van der Waals surface area contributed by atoms with Gasteiger partial charge in [0.2, 0.25) is 11.8 Å². The lowest BCUT2D eigenvalue weighted by atomic mass is 9.96. The molecule has 2 atom stereocenters. The maximum Gasteiger partial charge on any atom is 0.408 e. The first-order chi connectivity index (χ1) is 15.2. The molecular weight excluding hydrogens is 420 g/mol. The van der Waals surface area contributed by atoms with Crippen molar-refractivity contribution in [3.05, 3.63) is 34.9 Å². The van der Waals surface area contributed by atoms with Gasteiger partial charge in [-0.05, 0) is 71.1 Å². The third-order valence-electron chi connectivity index (χ3n) is 4.97. The Morgan fingerprint density at radius 2 is 1.67 bits per heavy atom. The second kappa shape index (κ2) is 11.7. The molecule has 8 nitrogen and oxygen atoms in total. The lowest BCUT2D eigenvalue weighted by Gasteiger charge is -2.34. The molecule has 0 aliphatic heterocycles. The quantitative estimate of drug-likeness (QED) is 0.576. The van der Waals surface area contributed by atoms with Crippen molar-refractivity contribution in [3.8, 4) is 6.07 Å². The number of hydrogen-bond acceptors (Lipinski definition) is 5. The molecule has 1 aromatic rings. The first-order valence-corrected chi connectivity index (χ1v) is 11.2. The van der Waals surface area contributed by atoms with Gasteiger partial charge in [-0.3, -0.25) is 9.59 Å². The molecule has 0 saturated carbocycles. The topological polar surface area (TPSA) is 112 Å². The van der Waals surface area contributed by atoms with Crippen molar-refractivity contribution in [2.75, 3.05) is 6.54 Å². The van der Waals surface area contributed by atoms with Crippen molar-refractivity contribution in [2.24, 2.45) is 5.92 Å². The van der Waals surface area contributed by atoms with E-state index in [1.165, 1.54) is 4.90 Å². The minimum atomic E-state index is -1.03. The maximum atomic E-state index is 13.7. The number of nitrogens with one attached hydrogen (secondary N) is 2. The van der Waals surface area contributed by atoms with Gasteiger partial charge in [0.1, 0.15) is 24.2 Å². The number of rotatable bonds is 8. The summed E-state index contributed by atoms with van der Waals surface area (Å²) in [5.74, 6) is -1.23. The van der Waals surface area contributed by atoms with E-state index in [2.05, 4.69) is 10.6 Å². The van der Waals surface area contributed by atoms with Crippen LogP contribution in [0.4, 0.5) is 4.79 Å². The number of carbonyl (C=O) groups is 3. The fourth-order valence-electron chi connectivity index (χ4n) is 3.27. The molecule has 3 amide bonds. The molecule has 182 valence electrons. The average Bonchev–Trinajstić information content (AvgIpc) is 2.65. The molecule has 8 heteroatoms. The van der Waals surface area contributed by atoms with Crippen molar-refractivity contribution < 1.29 is 19.1 Å². The van der Waals surface area contributed by atoms with Gasteiger partial charge in [-0.2, -0.15) is 5.26 Å². The minimum absolute atomic E-state index is 0.161. The molecule has 0 heterocycles. The van der Waals surface area contributed by atoms with Crippen LogP contribution in [-0.4, -0.2) is 47.0 Å². The molecule has 0 aliphatic rings. The Labute approximate surface area is 197 Å². The summed E-state index contributed by atoms with van der Waals surface area (Å²) in [6.07, 6.45) is -0.735. The van der Waals surface area contributed by atoms with E-state index in [0.717, 1.165) is 11.1 Å². The second-order valence-electron chi connectivity index (χ2n) is 9.90. The van der Waals surface area contributed by atoms with E-state index in [4.69, 9.17) is 4.74 Å². The molecule has 2 unspecified atom stereocenters. The zero-order chi connectivity index (χ0) is 25.5. The van der Waals surface area contributed by atoms with E-state index in [9.17, 15) is 19.6 Å². The lowest BCUT2D eigenvalue weighted by molar-refractivity contribution is -0.142. The van der Waals surface area contributed by atoms with Crippen LogP contribution in [0.5, 0.6) is 0 Å². The third kappa shape index (κ3) is 8.41. The number of aryl methyl sites for hydroxylation is 2.